The molecule has 0 amide bonds. The largest absolute Gasteiger partial charge is 0.454 e. The Morgan fingerprint density at radius 2 is 2.25 bits per heavy atom. The fraction of sp³-hybridized carbons (Fsp3) is 0.267. The zero-order chi connectivity index (χ0) is 13.8. The molecule has 0 fully saturated rings. The molecule has 0 spiro atoms. The lowest BCUT2D eigenvalue weighted by atomic mass is 10.2. The third-order valence-electron chi connectivity index (χ3n) is 3.19. The van der Waals surface area contributed by atoms with E-state index in [-0.39, 0.29) is 0 Å². The van der Waals surface area contributed by atoms with E-state index in [9.17, 15) is 0 Å². The van der Waals surface area contributed by atoms with Crippen molar-refractivity contribution >= 4 is 11.0 Å². The maximum atomic E-state index is 5.86. The third-order valence-corrected chi connectivity index (χ3v) is 3.19. The molecule has 2 heterocycles. The van der Waals surface area contributed by atoms with E-state index in [1.54, 1.807) is 7.11 Å². The van der Waals surface area contributed by atoms with Crippen LogP contribution in [0, 0.1) is 0 Å². The summed E-state index contributed by atoms with van der Waals surface area (Å²) in [7, 11) is 1.69. The van der Waals surface area contributed by atoms with Crippen molar-refractivity contribution in [3.8, 4) is 11.5 Å². The summed E-state index contributed by atoms with van der Waals surface area (Å²) in [6, 6.07) is 10.0. The summed E-state index contributed by atoms with van der Waals surface area (Å²) in [4.78, 5) is 0. The van der Waals surface area contributed by atoms with Crippen molar-refractivity contribution in [2.45, 2.75) is 6.54 Å². The Kier molecular flexibility index (Phi) is 3.80. The number of ether oxygens (including phenoxy) is 1. The van der Waals surface area contributed by atoms with Crippen LogP contribution in [0.2, 0.25) is 0 Å². The lowest BCUT2D eigenvalue weighted by Gasteiger charge is -2.03. The van der Waals surface area contributed by atoms with Gasteiger partial charge >= 0.3 is 0 Å². The number of furan rings is 1. The maximum Gasteiger partial charge on any atom is 0.153 e. The number of hydrogen-bond acceptors (Lipinski definition) is 4. The molecule has 0 radical (unpaired) electrons. The number of methoxy groups -OCH3 is 1. The van der Waals surface area contributed by atoms with Crippen molar-refractivity contribution in [2.24, 2.45) is 0 Å². The molecule has 0 saturated heterocycles. The van der Waals surface area contributed by atoms with Gasteiger partial charge in [-0.3, -0.25) is 5.10 Å². The molecule has 0 atom stereocenters. The Bertz CT molecular complexity index is 654. The normalized spacial score (nSPS) is 11.2. The van der Waals surface area contributed by atoms with Gasteiger partial charge in [-0.15, -0.1) is 0 Å². The van der Waals surface area contributed by atoms with Gasteiger partial charge in [0.25, 0.3) is 0 Å². The van der Waals surface area contributed by atoms with Gasteiger partial charge in [0.1, 0.15) is 11.3 Å². The monoisotopic (exact) mass is 271 g/mol. The molecule has 3 rings (SSSR count). The Balaban J connectivity index is 1.81. The second kappa shape index (κ2) is 5.90. The average molecular weight is 271 g/mol. The molecule has 1 aromatic carbocycles. The van der Waals surface area contributed by atoms with Crippen LogP contribution in [0.25, 0.3) is 22.4 Å². The molecule has 0 aliphatic rings. The van der Waals surface area contributed by atoms with Crippen LogP contribution in [0.3, 0.4) is 0 Å². The molecular formula is C15H17N3O2. The predicted molar refractivity (Wildman–Crippen MR) is 77.4 cm³/mol. The number of nitrogens with zero attached hydrogens (tertiary/aromatic N) is 1. The van der Waals surface area contributed by atoms with Crippen LogP contribution in [0.1, 0.15) is 5.56 Å². The van der Waals surface area contributed by atoms with Gasteiger partial charge in [0, 0.05) is 31.1 Å². The van der Waals surface area contributed by atoms with Gasteiger partial charge in [0.05, 0.1) is 12.8 Å². The molecule has 0 aliphatic heterocycles. The minimum atomic E-state index is 0.692. The molecule has 0 unspecified atom stereocenters. The highest BCUT2D eigenvalue weighted by molar-refractivity contribution is 5.82. The maximum absolute atomic E-state index is 5.86. The van der Waals surface area contributed by atoms with Gasteiger partial charge in [0.2, 0.25) is 0 Å². The molecule has 2 N–H and O–H groups in total. The number of nitrogens with one attached hydrogen (secondary N) is 2. The summed E-state index contributed by atoms with van der Waals surface area (Å²) in [6.07, 6.45) is 1.82. The van der Waals surface area contributed by atoms with Gasteiger partial charge in [-0.1, -0.05) is 18.2 Å². The third kappa shape index (κ3) is 2.59. The van der Waals surface area contributed by atoms with Crippen molar-refractivity contribution in [2.75, 3.05) is 20.3 Å². The van der Waals surface area contributed by atoms with Crippen molar-refractivity contribution in [3.05, 3.63) is 42.1 Å². The SMILES string of the molecule is COCCNCc1cn[nH]c1-c1cc2ccccc2o1. The van der Waals surface area contributed by atoms with E-state index in [2.05, 4.69) is 15.5 Å². The first-order valence-electron chi connectivity index (χ1n) is 6.59. The van der Waals surface area contributed by atoms with Crippen molar-refractivity contribution in [1.82, 2.24) is 15.5 Å². The van der Waals surface area contributed by atoms with E-state index in [4.69, 9.17) is 9.15 Å². The van der Waals surface area contributed by atoms with Gasteiger partial charge in [-0.25, -0.2) is 0 Å². The van der Waals surface area contributed by atoms with Crippen molar-refractivity contribution < 1.29 is 9.15 Å². The highest BCUT2D eigenvalue weighted by Crippen LogP contribution is 2.28. The van der Waals surface area contributed by atoms with Crippen LogP contribution < -0.4 is 5.32 Å². The molecular weight excluding hydrogens is 254 g/mol. The average Bonchev–Trinajstić information content (AvgIpc) is 3.09. The highest BCUT2D eigenvalue weighted by atomic mass is 16.5. The molecule has 3 aromatic rings. The summed E-state index contributed by atoms with van der Waals surface area (Å²) in [5.41, 5.74) is 2.89. The molecule has 0 bridgehead atoms. The fourth-order valence-corrected chi connectivity index (χ4v) is 2.16. The Morgan fingerprint density at radius 3 is 3.10 bits per heavy atom. The number of hydrogen-bond donors (Lipinski definition) is 2. The summed E-state index contributed by atoms with van der Waals surface area (Å²) < 4.78 is 10.9. The van der Waals surface area contributed by atoms with Crippen LogP contribution in [-0.2, 0) is 11.3 Å². The summed E-state index contributed by atoms with van der Waals surface area (Å²) >= 11 is 0. The second-order valence-electron chi connectivity index (χ2n) is 4.59. The predicted octanol–water partition coefficient (Wildman–Crippen LogP) is 2.56. The Labute approximate surface area is 116 Å². The first-order valence-corrected chi connectivity index (χ1v) is 6.59. The van der Waals surface area contributed by atoms with E-state index < -0.39 is 0 Å². The quantitative estimate of drug-likeness (QED) is 0.676. The molecule has 104 valence electrons. The standard InChI is InChI=1S/C15H17N3O2/c1-19-7-6-16-9-12-10-17-18-15(12)14-8-11-4-2-3-5-13(11)20-14/h2-5,8,10,16H,6-7,9H2,1H3,(H,17,18). The minimum absolute atomic E-state index is 0.692. The molecule has 20 heavy (non-hydrogen) atoms. The summed E-state index contributed by atoms with van der Waals surface area (Å²) in [6.45, 7) is 2.23. The fourth-order valence-electron chi connectivity index (χ4n) is 2.16. The first-order chi connectivity index (χ1) is 9.88. The van der Waals surface area contributed by atoms with Crippen LogP contribution in [0.15, 0.2) is 40.9 Å². The molecule has 0 saturated carbocycles. The van der Waals surface area contributed by atoms with Crippen molar-refractivity contribution in [1.29, 1.82) is 0 Å². The smallest absolute Gasteiger partial charge is 0.153 e. The van der Waals surface area contributed by atoms with E-state index in [0.717, 1.165) is 41.1 Å². The van der Waals surface area contributed by atoms with Gasteiger partial charge in [0.15, 0.2) is 5.76 Å². The van der Waals surface area contributed by atoms with Crippen LogP contribution in [-0.4, -0.2) is 30.5 Å². The molecule has 5 nitrogen and oxygen atoms in total. The summed E-state index contributed by atoms with van der Waals surface area (Å²) in [5.74, 6) is 0.812. The Morgan fingerprint density at radius 1 is 1.35 bits per heavy atom. The number of aromatic nitrogens is 2. The van der Waals surface area contributed by atoms with E-state index in [1.807, 2.05) is 36.5 Å². The van der Waals surface area contributed by atoms with E-state index in [1.165, 1.54) is 0 Å². The van der Waals surface area contributed by atoms with Gasteiger partial charge in [-0.2, -0.15) is 5.10 Å². The number of rotatable bonds is 6. The Hall–Kier alpha value is -2.11. The zero-order valence-electron chi connectivity index (χ0n) is 11.3. The van der Waals surface area contributed by atoms with Gasteiger partial charge in [-0.05, 0) is 12.1 Å². The first kappa shape index (κ1) is 12.9. The van der Waals surface area contributed by atoms with E-state index in [0.29, 0.717) is 6.61 Å². The van der Waals surface area contributed by atoms with Crippen LogP contribution in [0.4, 0.5) is 0 Å². The molecule has 2 aromatic heterocycles. The minimum Gasteiger partial charge on any atom is -0.454 e. The van der Waals surface area contributed by atoms with Crippen LogP contribution >= 0.6 is 0 Å². The number of para-hydroxylation sites is 1. The lowest BCUT2D eigenvalue weighted by Crippen LogP contribution is -2.18. The number of fused-ring (bicyclic) bond motifs is 1. The van der Waals surface area contributed by atoms with Crippen LogP contribution in [0.5, 0.6) is 0 Å². The topological polar surface area (TPSA) is 63.1 Å². The number of aromatic amines is 1. The zero-order valence-corrected chi connectivity index (χ0v) is 11.3. The molecule has 0 aliphatic carbocycles. The number of benzene rings is 1. The lowest BCUT2D eigenvalue weighted by molar-refractivity contribution is 0.199. The van der Waals surface area contributed by atoms with Gasteiger partial charge < -0.3 is 14.5 Å². The van der Waals surface area contributed by atoms with Crippen molar-refractivity contribution in [3.63, 3.8) is 0 Å². The number of H-pyrrole nitrogens is 1. The highest BCUT2D eigenvalue weighted by Gasteiger charge is 2.12. The second-order valence-corrected chi connectivity index (χ2v) is 4.59. The summed E-state index contributed by atoms with van der Waals surface area (Å²) in [5, 5.41) is 11.5. The molecule has 5 heteroatoms. The van der Waals surface area contributed by atoms with E-state index >= 15 is 0 Å².